The Kier molecular flexibility index (Phi) is 39.4. The smallest absolute Gasteiger partial charge is 0.343 e. The minimum Gasteiger partial charge on any atom is -0.494 e. The molecule has 6 aromatic rings. The van der Waals surface area contributed by atoms with Gasteiger partial charge in [-0.1, -0.05) is 126 Å². The number of hydrogen-bond acceptors (Lipinski definition) is 15. The predicted molar refractivity (Wildman–Crippen MR) is 391 cm³/mol. The molecule has 7 rings (SSSR count). The van der Waals surface area contributed by atoms with Crippen molar-refractivity contribution in [1.82, 2.24) is 0 Å². The van der Waals surface area contributed by atoms with E-state index in [0.717, 1.165) is 142 Å². The van der Waals surface area contributed by atoms with Crippen LogP contribution in [-0.2, 0) is 39.8 Å². The van der Waals surface area contributed by atoms with Gasteiger partial charge in [0.25, 0.3) is 0 Å². The number of carbonyl (C=O) groups is 6. The van der Waals surface area contributed by atoms with Crippen LogP contribution in [0.4, 0.5) is 0 Å². The van der Waals surface area contributed by atoms with Gasteiger partial charge in [-0.2, -0.15) is 0 Å². The summed E-state index contributed by atoms with van der Waals surface area (Å²) in [4.78, 5) is 70.2. The van der Waals surface area contributed by atoms with Gasteiger partial charge in [0.2, 0.25) is 0 Å². The molecule has 1 aliphatic carbocycles. The summed E-state index contributed by atoms with van der Waals surface area (Å²) in [6.07, 6.45) is 29.1. The number of rotatable bonds is 42. The maximum absolute atomic E-state index is 12.5. The Bertz CT molecular complexity index is 3330. The second kappa shape index (κ2) is 48.5. The first-order valence-electron chi connectivity index (χ1n) is 35.7. The second-order valence-corrected chi connectivity index (χ2v) is 24.7. The maximum Gasteiger partial charge on any atom is 0.343 e. The molecule has 15 nitrogen and oxygen atoms in total. The molecule has 1 fully saturated rings. The molecular weight excluding hydrogens is 1250 g/mol. The number of ether oxygens (including phenoxy) is 9. The van der Waals surface area contributed by atoms with Crippen LogP contribution in [0.15, 0.2) is 177 Å². The highest BCUT2D eigenvalue weighted by molar-refractivity contribution is 5.92. The van der Waals surface area contributed by atoms with Crippen LogP contribution in [0.5, 0.6) is 28.7 Å². The third-order valence-corrected chi connectivity index (χ3v) is 16.7. The van der Waals surface area contributed by atoms with Crippen LogP contribution >= 0.6 is 0 Å². The number of aryl methyl sites for hydroxylation is 3. The molecule has 1 aliphatic rings. The minimum absolute atomic E-state index is 0.0566. The zero-order chi connectivity index (χ0) is 71.1. The molecule has 6 aromatic carbocycles. The summed E-state index contributed by atoms with van der Waals surface area (Å²) >= 11 is 0. The van der Waals surface area contributed by atoms with E-state index < -0.39 is 0 Å². The van der Waals surface area contributed by atoms with Crippen LogP contribution in [-0.4, -0.2) is 81.6 Å². The minimum atomic E-state index is -0.382. The molecule has 0 unspecified atom stereocenters. The number of carbonyl (C=O) groups excluding carboxylic acids is 6. The SMILES string of the molecule is C=CC(=O)OCCCCCCOc1ccc(-c2ccc(C(=O)Oc3ccc(C)cc3C)cc2)cc1.C=CC(=O)OCCCCCCOc1ccc(C(=O)OC2CCC(CCCCC)CC2)cc1.C=CC(=O)OCCCCCCOc1ccc(C(=O)Oc2ccc(CCCCC)cc2)cc1. The Morgan fingerprint density at radius 2 is 0.778 bits per heavy atom. The fourth-order valence-electron chi connectivity index (χ4n) is 10.8. The van der Waals surface area contributed by atoms with Gasteiger partial charge in [-0.05, 0) is 249 Å². The molecule has 99 heavy (non-hydrogen) atoms. The van der Waals surface area contributed by atoms with Crippen molar-refractivity contribution >= 4 is 35.8 Å². The quantitative estimate of drug-likeness (QED) is 0.0116. The Morgan fingerprint density at radius 3 is 1.21 bits per heavy atom. The van der Waals surface area contributed by atoms with Gasteiger partial charge in [0.05, 0.1) is 56.3 Å². The summed E-state index contributed by atoms with van der Waals surface area (Å²) in [6, 6.07) is 43.0. The van der Waals surface area contributed by atoms with Crippen molar-refractivity contribution < 1.29 is 71.4 Å². The lowest BCUT2D eigenvalue weighted by molar-refractivity contribution is -0.138. The van der Waals surface area contributed by atoms with Crippen LogP contribution in [0.1, 0.15) is 209 Å². The molecule has 0 spiro atoms. The highest BCUT2D eigenvalue weighted by Crippen LogP contribution is 2.31. The van der Waals surface area contributed by atoms with Crippen LogP contribution < -0.4 is 23.7 Å². The van der Waals surface area contributed by atoms with Gasteiger partial charge < -0.3 is 42.6 Å². The first-order chi connectivity index (χ1) is 48.2. The molecule has 1 saturated carbocycles. The van der Waals surface area contributed by atoms with Crippen LogP contribution in [0.2, 0.25) is 0 Å². The van der Waals surface area contributed by atoms with E-state index in [1.54, 1.807) is 48.5 Å². The van der Waals surface area contributed by atoms with E-state index in [9.17, 15) is 28.8 Å². The summed E-state index contributed by atoms with van der Waals surface area (Å²) in [5.74, 6) is 2.13. The van der Waals surface area contributed by atoms with E-state index in [4.69, 9.17) is 42.6 Å². The van der Waals surface area contributed by atoms with Gasteiger partial charge >= 0.3 is 35.8 Å². The fraction of sp³-hybridized carbons (Fsp3) is 0.429. The third-order valence-electron chi connectivity index (χ3n) is 16.7. The van der Waals surface area contributed by atoms with Crippen molar-refractivity contribution in [1.29, 1.82) is 0 Å². The standard InChI is InChI=1S/C30H32O5.C27H40O5.C27H34O5/c1-4-29(31)34-20-8-6-5-7-19-33-27-16-14-25(15-17-27)24-10-12-26(13-11-24)30(32)35-28-18-9-22(2)21-23(28)3;2*1-3-5-8-11-22-12-16-25(17-13-22)32-27(29)23-14-18-24(19-15-23)30-20-9-6-7-10-21-31-26(28)4-2/h4,9-18,21H,1,5-8,19-20H2,2-3H3;4,14-15,18-19,22,25H,2-3,5-13,16-17,20-21H2,1H3;4,12-19H,2-3,5-11,20-21H2,1H3. The monoisotopic (exact) mass is 1350 g/mol. The molecule has 0 atom stereocenters. The lowest BCUT2D eigenvalue weighted by Gasteiger charge is -2.28. The molecule has 0 saturated heterocycles. The van der Waals surface area contributed by atoms with Gasteiger partial charge in [0.15, 0.2) is 0 Å². The third kappa shape index (κ3) is 33.7. The fourth-order valence-corrected chi connectivity index (χ4v) is 10.8. The topological polar surface area (TPSA) is 185 Å². The summed E-state index contributed by atoms with van der Waals surface area (Å²) in [5.41, 5.74) is 6.95. The van der Waals surface area contributed by atoms with Crippen molar-refractivity contribution in [2.45, 2.75) is 188 Å². The summed E-state index contributed by atoms with van der Waals surface area (Å²) in [5, 5.41) is 0. The van der Waals surface area contributed by atoms with Crippen molar-refractivity contribution in [2.75, 3.05) is 39.6 Å². The Labute approximate surface area is 588 Å². The van der Waals surface area contributed by atoms with Crippen molar-refractivity contribution in [3.63, 3.8) is 0 Å². The van der Waals surface area contributed by atoms with Gasteiger partial charge in [-0.15, -0.1) is 0 Å². The lowest BCUT2D eigenvalue weighted by atomic mass is 9.84. The van der Waals surface area contributed by atoms with Crippen LogP contribution in [0.3, 0.4) is 0 Å². The molecule has 0 radical (unpaired) electrons. The first kappa shape index (κ1) is 80.4. The molecule has 0 aromatic heterocycles. The average Bonchev–Trinajstić information content (AvgIpc) is 2.71. The number of unbranched alkanes of at least 4 members (excludes halogenated alkanes) is 13. The molecule has 0 heterocycles. The summed E-state index contributed by atoms with van der Waals surface area (Å²) in [7, 11) is 0. The molecule has 15 heteroatoms. The van der Waals surface area contributed by atoms with Gasteiger partial charge in [0.1, 0.15) is 34.9 Å². The van der Waals surface area contributed by atoms with E-state index in [1.807, 2.05) is 105 Å². The van der Waals surface area contributed by atoms with Crippen molar-refractivity contribution in [2.24, 2.45) is 5.92 Å². The van der Waals surface area contributed by atoms with E-state index in [0.29, 0.717) is 67.8 Å². The lowest BCUT2D eigenvalue weighted by Crippen LogP contribution is -2.24. The van der Waals surface area contributed by atoms with Gasteiger partial charge in [-0.25, -0.2) is 28.8 Å². The van der Waals surface area contributed by atoms with Gasteiger partial charge in [0, 0.05) is 18.2 Å². The molecular formula is C84H106O15. The largest absolute Gasteiger partial charge is 0.494 e. The zero-order valence-electron chi connectivity index (χ0n) is 59.1. The number of hydrogen-bond donors (Lipinski definition) is 0. The molecule has 0 bridgehead atoms. The Balaban J connectivity index is 0.000000268. The highest BCUT2D eigenvalue weighted by Gasteiger charge is 2.24. The normalized spacial score (nSPS) is 12.9. The maximum atomic E-state index is 12.5. The Hall–Kier alpha value is -9.24. The molecule has 0 N–H and O–H groups in total. The molecule has 0 aliphatic heterocycles. The van der Waals surface area contributed by atoms with Crippen molar-refractivity contribution in [3.05, 3.63) is 211 Å². The average molecular weight is 1360 g/mol. The highest BCUT2D eigenvalue weighted by atomic mass is 16.6. The van der Waals surface area contributed by atoms with E-state index in [-0.39, 0.29) is 41.9 Å². The van der Waals surface area contributed by atoms with Crippen LogP contribution in [0.25, 0.3) is 11.1 Å². The number of benzene rings is 6. The number of esters is 6. The second-order valence-electron chi connectivity index (χ2n) is 24.7. The van der Waals surface area contributed by atoms with Crippen LogP contribution in [0, 0.1) is 19.8 Å². The Morgan fingerprint density at radius 1 is 0.394 bits per heavy atom. The first-order valence-corrected chi connectivity index (χ1v) is 35.7. The summed E-state index contributed by atoms with van der Waals surface area (Å²) < 4.78 is 48.9. The van der Waals surface area contributed by atoms with Crippen molar-refractivity contribution in [3.8, 4) is 39.9 Å². The molecule has 0 amide bonds. The van der Waals surface area contributed by atoms with E-state index >= 15 is 0 Å². The van der Waals surface area contributed by atoms with E-state index in [1.165, 1.54) is 81.6 Å². The van der Waals surface area contributed by atoms with E-state index in [2.05, 4.69) is 33.6 Å². The predicted octanol–water partition coefficient (Wildman–Crippen LogP) is 19.8. The summed E-state index contributed by atoms with van der Waals surface area (Å²) in [6.45, 7) is 21.6. The molecule has 532 valence electrons. The zero-order valence-corrected chi connectivity index (χ0v) is 59.1. The van der Waals surface area contributed by atoms with Gasteiger partial charge in [-0.3, -0.25) is 0 Å².